The first-order chi connectivity index (χ1) is 16.4. The van der Waals surface area contributed by atoms with Crippen LogP contribution in [0, 0.1) is 10.1 Å². The highest BCUT2D eigenvalue weighted by Gasteiger charge is 2.28. The maximum atomic E-state index is 12.9. The highest BCUT2D eigenvalue weighted by molar-refractivity contribution is 5.95. The molecule has 182 valence electrons. The van der Waals surface area contributed by atoms with E-state index < -0.39 is 4.92 Å². The van der Waals surface area contributed by atoms with Gasteiger partial charge in [0.2, 0.25) is 5.91 Å². The van der Waals surface area contributed by atoms with Crippen molar-refractivity contribution in [1.29, 1.82) is 0 Å². The Morgan fingerprint density at radius 1 is 1.09 bits per heavy atom. The molecule has 2 aliphatic rings. The number of likely N-dealkylation sites (tertiary alicyclic amines) is 1. The number of amides is 2. The predicted octanol–water partition coefficient (Wildman–Crippen LogP) is 2.81. The first kappa shape index (κ1) is 23.7. The van der Waals surface area contributed by atoms with E-state index in [9.17, 15) is 19.7 Å². The fourth-order valence-corrected chi connectivity index (χ4v) is 4.75. The summed E-state index contributed by atoms with van der Waals surface area (Å²) in [5.41, 5.74) is 0.601. The van der Waals surface area contributed by atoms with Gasteiger partial charge in [0, 0.05) is 51.3 Å². The zero-order valence-electron chi connectivity index (χ0n) is 19.4. The summed E-state index contributed by atoms with van der Waals surface area (Å²) in [6, 6.07) is 8.27. The standard InChI is InChI=1S/C24H31N5O5/c1-18(30)26-11-13-28(14-12-26)20-8-7-19(16-21(20)29(32)33)24(31)25-17-22(23-6-5-15-34-23)27-9-3-2-4-10-27/h5-8,15-16,22H,2-4,9-14,17H2,1H3,(H,25,31). The van der Waals surface area contributed by atoms with E-state index in [-0.39, 0.29) is 29.1 Å². The number of nitrogens with one attached hydrogen (secondary N) is 1. The van der Waals surface area contributed by atoms with Gasteiger partial charge in [0.1, 0.15) is 11.4 Å². The lowest BCUT2D eigenvalue weighted by atomic mass is 10.1. The lowest BCUT2D eigenvalue weighted by molar-refractivity contribution is -0.384. The molecule has 1 atom stereocenters. The second-order valence-electron chi connectivity index (χ2n) is 8.79. The number of nitrogens with zero attached hydrogens (tertiary/aromatic N) is 4. The Labute approximate surface area is 198 Å². The first-order valence-corrected chi connectivity index (χ1v) is 11.8. The van der Waals surface area contributed by atoms with Crippen LogP contribution in [0.1, 0.15) is 48.3 Å². The topological polar surface area (TPSA) is 112 Å². The number of nitro groups is 1. The number of piperidine rings is 1. The van der Waals surface area contributed by atoms with E-state index in [1.54, 1.807) is 23.3 Å². The summed E-state index contributed by atoms with van der Waals surface area (Å²) in [5.74, 6) is 0.441. The van der Waals surface area contributed by atoms with Crippen LogP contribution in [0.4, 0.5) is 11.4 Å². The fraction of sp³-hybridized carbons (Fsp3) is 0.500. The summed E-state index contributed by atoms with van der Waals surface area (Å²) in [7, 11) is 0. The highest BCUT2D eigenvalue weighted by Crippen LogP contribution is 2.30. The van der Waals surface area contributed by atoms with Crippen molar-refractivity contribution in [2.75, 3.05) is 50.7 Å². The van der Waals surface area contributed by atoms with Crippen molar-refractivity contribution in [1.82, 2.24) is 15.1 Å². The van der Waals surface area contributed by atoms with Crippen LogP contribution in [0.25, 0.3) is 0 Å². The van der Waals surface area contributed by atoms with E-state index in [4.69, 9.17) is 4.42 Å². The predicted molar refractivity (Wildman–Crippen MR) is 127 cm³/mol. The molecule has 1 aromatic heterocycles. The van der Waals surface area contributed by atoms with Crippen molar-refractivity contribution < 1.29 is 18.9 Å². The van der Waals surface area contributed by atoms with E-state index in [0.717, 1.165) is 31.7 Å². The minimum atomic E-state index is -0.456. The van der Waals surface area contributed by atoms with Crippen LogP contribution in [0.2, 0.25) is 0 Å². The molecule has 34 heavy (non-hydrogen) atoms. The van der Waals surface area contributed by atoms with Crippen molar-refractivity contribution in [3.8, 4) is 0 Å². The number of benzene rings is 1. The Morgan fingerprint density at radius 2 is 1.82 bits per heavy atom. The van der Waals surface area contributed by atoms with Gasteiger partial charge in [-0.15, -0.1) is 0 Å². The number of nitro benzene ring substituents is 1. The van der Waals surface area contributed by atoms with Gasteiger partial charge in [-0.1, -0.05) is 6.42 Å². The summed E-state index contributed by atoms with van der Waals surface area (Å²) in [4.78, 5) is 41.8. The number of hydrogen-bond donors (Lipinski definition) is 1. The number of furan rings is 1. The molecule has 0 saturated carbocycles. The molecule has 4 rings (SSSR count). The van der Waals surface area contributed by atoms with Crippen molar-refractivity contribution >= 4 is 23.2 Å². The molecule has 10 heteroatoms. The lowest BCUT2D eigenvalue weighted by Crippen LogP contribution is -2.48. The van der Waals surface area contributed by atoms with Crippen LogP contribution in [-0.4, -0.2) is 72.4 Å². The zero-order valence-corrected chi connectivity index (χ0v) is 19.4. The highest BCUT2D eigenvalue weighted by atomic mass is 16.6. The first-order valence-electron chi connectivity index (χ1n) is 11.8. The van der Waals surface area contributed by atoms with Gasteiger partial charge in [0.05, 0.1) is 17.2 Å². The van der Waals surface area contributed by atoms with Gasteiger partial charge in [0.25, 0.3) is 11.6 Å². The molecule has 1 N–H and O–H groups in total. The number of anilines is 1. The third kappa shape index (κ3) is 5.39. The summed E-state index contributed by atoms with van der Waals surface area (Å²) >= 11 is 0. The van der Waals surface area contributed by atoms with E-state index in [0.29, 0.717) is 38.4 Å². The Morgan fingerprint density at radius 3 is 2.44 bits per heavy atom. The molecule has 1 unspecified atom stereocenters. The van der Waals surface area contributed by atoms with Crippen molar-refractivity contribution in [3.63, 3.8) is 0 Å². The van der Waals surface area contributed by atoms with Gasteiger partial charge >= 0.3 is 0 Å². The molecule has 2 fully saturated rings. The monoisotopic (exact) mass is 469 g/mol. The van der Waals surface area contributed by atoms with Crippen molar-refractivity contribution in [3.05, 3.63) is 58.0 Å². The van der Waals surface area contributed by atoms with Gasteiger partial charge in [-0.3, -0.25) is 24.6 Å². The molecule has 0 aliphatic carbocycles. The number of piperazine rings is 1. The third-order valence-electron chi connectivity index (χ3n) is 6.66. The molecular weight excluding hydrogens is 438 g/mol. The van der Waals surface area contributed by atoms with Crippen LogP contribution in [0.15, 0.2) is 41.0 Å². The summed E-state index contributed by atoms with van der Waals surface area (Å²) in [6.45, 7) is 5.80. The van der Waals surface area contributed by atoms with Crippen LogP contribution in [0.5, 0.6) is 0 Å². The number of carbonyl (C=O) groups excluding carboxylic acids is 2. The van der Waals surface area contributed by atoms with Crippen molar-refractivity contribution in [2.45, 2.75) is 32.2 Å². The minimum absolute atomic E-state index is 0.00132. The van der Waals surface area contributed by atoms with Gasteiger partial charge in [-0.05, 0) is 50.2 Å². The van der Waals surface area contributed by atoms with Crippen LogP contribution in [-0.2, 0) is 4.79 Å². The Balaban J connectivity index is 1.46. The molecule has 1 aromatic carbocycles. The zero-order chi connectivity index (χ0) is 24.1. The molecule has 0 radical (unpaired) electrons. The molecular formula is C24H31N5O5. The Hall–Kier alpha value is -3.40. The minimum Gasteiger partial charge on any atom is -0.468 e. The molecule has 0 bridgehead atoms. The quantitative estimate of drug-likeness (QED) is 0.490. The number of hydrogen-bond acceptors (Lipinski definition) is 7. The second kappa shape index (κ2) is 10.7. The second-order valence-corrected chi connectivity index (χ2v) is 8.79. The van der Waals surface area contributed by atoms with Gasteiger partial charge in [0.15, 0.2) is 0 Å². The van der Waals surface area contributed by atoms with Gasteiger partial charge in [-0.2, -0.15) is 0 Å². The van der Waals surface area contributed by atoms with E-state index >= 15 is 0 Å². The van der Waals surface area contributed by atoms with Crippen LogP contribution >= 0.6 is 0 Å². The average Bonchev–Trinajstić information content (AvgIpc) is 3.39. The maximum absolute atomic E-state index is 12.9. The lowest BCUT2D eigenvalue weighted by Gasteiger charge is -2.35. The average molecular weight is 470 g/mol. The maximum Gasteiger partial charge on any atom is 0.293 e. The van der Waals surface area contributed by atoms with Gasteiger partial charge in [-0.25, -0.2) is 0 Å². The molecule has 2 aliphatic heterocycles. The van der Waals surface area contributed by atoms with E-state index in [1.807, 2.05) is 17.0 Å². The summed E-state index contributed by atoms with van der Waals surface area (Å²) in [6.07, 6.45) is 5.05. The molecule has 10 nitrogen and oxygen atoms in total. The number of rotatable bonds is 7. The Kier molecular flexibility index (Phi) is 7.46. The van der Waals surface area contributed by atoms with Crippen LogP contribution < -0.4 is 10.2 Å². The molecule has 3 heterocycles. The SMILES string of the molecule is CC(=O)N1CCN(c2ccc(C(=O)NCC(c3ccco3)N3CCCCC3)cc2[N+](=O)[O-])CC1. The fourth-order valence-electron chi connectivity index (χ4n) is 4.75. The van der Waals surface area contributed by atoms with Crippen molar-refractivity contribution in [2.24, 2.45) is 0 Å². The Bertz CT molecular complexity index is 1010. The van der Waals surface area contributed by atoms with Crippen LogP contribution in [0.3, 0.4) is 0 Å². The largest absolute Gasteiger partial charge is 0.468 e. The molecule has 2 aromatic rings. The normalized spacial score (nSPS) is 17.9. The van der Waals surface area contributed by atoms with E-state index in [2.05, 4.69) is 10.2 Å². The summed E-state index contributed by atoms with van der Waals surface area (Å²) in [5, 5.41) is 14.8. The van der Waals surface area contributed by atoms with E-state index in [1.165, 1.54) is 19.4 Å². The third-order valence-corrected chi connectivity index (χ3v) is 6.66. The number of carbonyl (C=O) groups is 2. The molecule has 2 amide bonds. The molecule has 2 saturated heterocycles. The van der Waals surface area contributed by atoms with Gasteiger partial charge < -0.3 is 19.5 Å². The smallest absolute Gasteiger partial charge is 0.293 e. The molecule has 0 spiro atoms. The summed E-state index contributed by atoms with van der Waals surface area (Å²) < 4.78 is 5.63.